The molecule has 1 N–H and O–H groups in total. The van der Waals surface area contributed by atoms with Crippen LogP contribution in [-0.2, 0) is 11.3 Å². The summed E-state index contributed by atoms with van der Waals surface area (Å²) in [4.78, 5) is 11.6. The number of ether oxygens (including phenoxy) is 1. The molecule has 0 aliphatic heterocycles. The molecular formula is C15H21NO2. The Hall–Kier alpha value is -1.51. The quantitative estimate of drug-likeness (QED) is 0.884. The van der Waals surface area contributed by atoms with Crippen LogP contribution in [0.25, 0.3) is 0 Å². The highest BCUT2D eigenvalue weighted by molar-refractivity contribution is 5.67. The van der Waals surface area contributed by atoms with Crippen molar-refractivity contribution in [2.24, 2.45) is 5.41 Å². The molecule has 0 heterocycles. The van der Waals surface area contributed by atoms with E-state index >= 15 is 0 Å². The molecule has 1 amide bonds. The monoisotopic (exact) mass is 247 g/mol. The minimum atomic E-state index is -0.313. The average Bonchev–Trinajstić information content (AvgIpc) is 2.83. The molecule has 18 heavy (non-hydrogen) atoms. The van der Waals surface area contributed by atoms with Crippen molar-refractivity contribution in [1.82, 2.24) is 5.32 Å². The highest BCUT2D eigenvalue weighted by Crippen LogP contribution is 2.36. The summed E-state index contributed by atoms with van der Waals surface area (Å²) in [6.07, 6.45) is 4.64. The maximum absolute atomic E-state index is 11.6. The molecule has 1 aromatic rings. The van der Waals surface area contributed by atoms with E-state index in [1.54, 1.807) is 0 Å². The van der Waals surface area contributed by atoms with Gasteiger partial charge in [0.15, 0.2) is 0 Å². The number of hydrogen-bond acceptors (Lipinski definition) is 2. The zero-order valence-corrected chi connectivity index (χ0v) is 10.9. The largest absolute Gasteiger partial charge is 0.445 e. The number of nitrogens with one attached hydrogen (secondary N) is 1. The number of alkyl carbamates (subject to hydrolysis) is 1. The van der Waals surface area contributed by atoms with Gasteiger partial charge in [-0.05, 0) is 23.8 Å². The molecule has 0 atom stereocenters. The number of rotatable bonds is 4. The van der Waals surface area contributed by atoms with Crippen LogP contribution >= 0.6 is 0 Å². The molecule has 1 saturated carbocycles. The summed E-state index contributed by atoms with van der Waals surface area (Å²) in [6, 6.07) is 9.73. The van der Waals surface area contributed by atoms with Gasteiger partial charge in [-0.15, -0.1) is 0 Å². The Bertz CT molecular complexity index is 383. The van der Waals surface area contributed by atoms with E-state index in [0.29, 0.717) is 6.61 Å². The highest BCUT2D eigenvalue weighted by Gasteiger charge is 2.28. The van der Waals surface area contributed by atoms with Crippen molar-refractivity contribution in [2.45, 2.75) is 39.2 Å². The lowest BCUT2D eigenvalue weighted by Crippen LogP contribution is -2.34. The van der Waals surface area contributed by atoms with Crippen LogP contribution in [0.2, 0.25) is 0 Å². The van der Waals surface area contributed by atoms with Gasteiger partial charge in [-0.25, -0.2) is 4.79 Å². The molecule has 3 nitrogen and oxygen atoms in total. The van der Waals surface area contributed by atoms with Gasteiger partial charge in [-0.1, -0.05) is 50.1 Å². The van der Waals surface area contributed by atoms with Crippen molar-refractivity contribution in [3.63, 3.8) is 0 Å². The molecule has 0 radical (unpaired) electrons. The summed E-state index contributed by atoms with van der Waals surface area (Å²) in [7, 11) is 0. The van der Waals surface area contributed by atoms with Crippen LogP contribution in [0.4, 0.5) is 4.79 Å². The van der Waals surface area contributed by atoms with E-state index in [0.717, 1.165) is 12.1 Å². The number of hydrogen-bond donors (Lipinski definition) is 1. The van der Waals surface area contributed by atoms with Gasteiger partial charge in [0, 0.05) is 6.54 Å². The number of carbonyl (C=O) groups excluding carboxylic acids is 1. The van der Waals surface area contributed by atoms with Gasteiger partial charge in [0.05, 0.1) is 0 Å². The van der Waals surface area contributed by atoms with E-state index in [2.05, 4.69) is 12.2 Å². The molecule has 0 bridgehead atoms. The predicted molar refractivity (Wildman–Crippen MR) is 71.2 cm³/mol. The molecular weight excluding hydrogens is 226 g/mol. The lowest BCUT2D eigenvalue weighted by Gasteiger charge is -2.23. The van der Waals surface area contributed by atoms with Crippen molar-refractivity contribution in [3.05, 3.63) is 35.9 Å². The fourth-order valence-corrected chi connectivity index (χ4v) is 2.47. The second-order valence-corrected chi connectivity index (χ2v) is 5.43. The molecule has 1 aromatic carbocycles. The molecule has 3 heteroatoms. The first-order valence-corrected chi connectivity index (χ1v) is 6.63. The third kappa shape index (κ3) is 3.76. The number of carbonyl (C=O) groups is 1. The molecule has 98 valence electrons. The molecule has 2 rings (SSSR count). The topological polar surface area (TPSA) is 38.3 Å². The van der Waals surface area contributed by atoms with Crippen molar-refractivity contribution in [3.8, 4) is 0 Å². The van der Waals surface area contributed by atoms with Crippen molar-refractivity contribution >= 4 is 6.09 Å². The Morgan fingerprint density at radius 1 is 1.28 bits per heavy atom. The smallest absolute Gasteiger partial charge is 0.407 e. The third-order valence-electron chi connectivity index (χ3n) is 3.68. The summed E-state index contributed by atoms with van der Waals surface area (Å²) in [6.45, 7) is 3.29. The standard InChI is InChI=1S/C15H21NO2/c1-15(9-5-6-10-15)12-16-14(17)18-11-13-7-3-2-4-8-13/h2-4,7-8H,5-6,9-12H2,1H3,(H,16,17). The van der Waals surface area contributed by atoms with E-state index in [-0.39, 0.29) is 11.5 Å². The Labute approximate surface area is 109 Å². The average molecular weight is 247 g/mol. The van der Waals surface area contributed by atoms with Gasteiger partial charge in [0.2, 0.25) is 0 Å². The fraction of sp³-hybridized carbons (Fsp3) is 0.533. The maximum Gasteiger partial charge on any atom is 0.407 e. The lowest BCUT2D eigenvalue weighted by atomic mass is 9.89. The summed E-state index contributed by atoms with van der Waals surface area (Å²) in [5.74, 6) is 0. The van der Waals surface area contributed by atoms with Crippen LogP contribution < -0.4 is 5.32 Å². The molecule has 0 spiro atoms. The van der Waals surface area contributed by atoms with Gasteiger partial charge in [0.25, 0.3) is 0 Å². The van der Waals surface area contributed by atoms with Crippen LogP contribution in [0.3, 0.4) is 0 Å². The molecule has 1 aliphatic rings. The molecule has 0 saturated heterocycles. The summed E-state index contributed by atoms with van der Waals surface area (Å²) in [5.41, 5.74) is 1.28. The summed E-state index contributed by atoms with van der Waals surface area (Å²) >= 11 is 0. The number of benzene rings is 1. The first-order valence-electron chi connectivity index (χ1n) is 6.63. The van der Waals surface area contributed by atoms with Crippen molar-refractivity contribution in [1.29, 1.82) is 0 Å². The Morgan fingerprint density at radius 3 is 2.61 bits per heavy atom. The van der Waals surface area contributed by atoms with Gasteiger partial charge in [-0.3, -0.25) is 0 Å². The third-order valence-corrected chi connectivity index (χ3v) is 3.68. The van der Waals surface area contributed by atoms with Gasteiger partial charge < -0.3 is 10.1 Å². The lowest BCUT2D eigenvalue weighted by molar-refractivity contribution is 0.134. The van der Waals surface area contributed by atoms with E-state index < -0.39 is 0 Å². The molecule has 1 aliphatic carbocycles. The minimum absolute atomic E-state index is 0.270. The fourth-order valence-electron chi connectivity index (χ4n) is 2.47. The zero-order valence-electron chi connectivity index (χ0n) is 10.9. The SMILES string of the molecule is CC1(CNC(=O)OCc2ccccc2)CCCC1. The van der Waals surface area contributed by atoms with Gasteiger partial charge in [-0.2, -0.15) is 0 Å². The van der Waals surface area contributed by atoms with Gasteiger partial charge in [0.1, 0.15) is 6.61 Å². The van der Waals surface area contributed by atoms with Crippen LogP contribution in [0, 0.1) is 5.41 Å². The van der Waals surface area contributed by atoms with Crippen LogP contribution in [0.1, 0.15) is 38.2 Å². The molecule has 0 aromatic heterocycles. The van der Waals surface area contributed by atoms with Crippen molar-refractivity contribution < 1.29 is 9.53 Å². The second-order valence-electron chi connectivity index (χ2n) is 5.43. The normalized spacial score (nSPS) is 17.4. The maximum atomic E-state index is 11.6. The summed E-state index contributed by atoms with van der Waals surface area (Å²) in [5, 5.41) is 2.87. The summed E-state index contributed by atoms with van der Waals surface area (Å²) < 4.78 is 5.18. The first-order chi connectivity index (χ1) is 8.68. The Morgan fingerprint density at radius 2 is 1.94 bits per heavy atom. The van der Waals surface area contributed by atoms with E-state index in [1.807, 2.05) is 30.3 Å². The Kier molecular flexibility index (Phi) is 4.24. The zero-order chi connectivity index (χ0) is 12.8. The van der Waals surface area contributed by atoms with Crippen LogP contribution in [-0.4, -0.2) is 12.6 Å². The van der Waals surface area contributed by atoms with Crippen LogP contribution in [0.5, 0.6) is 0 Å². The Balaban J connectivity index is 1.69. The minimum Gasteiger partial charge on any atom is -0.445 e. The van der Waals surface area contributed by atoms with Crippen molar-refractivity contribution in [2.75, 3.05) is 6.54 Å². The predicted octanol–water partition coefficient (Wildman–Crippen LogP) is 3.49. The highest BCUT2D eigenvalue weighted by atomic mass is 16.5. The molecule has 1 fully saturated rings. The van der Waals surface area contributed by atoms with E-state index in [9.17, 15) is 4.79 Å². The van der Waals surface area contributed by atoms with E-state index in [1.165, 1.54) is 25.7 Å². The van der Waals surface area contributed by atoms with Crippen LogP contribution in [0.15, 0.2) is 30.3 Å². The second kappa shape index (κ2) is 5.89. The number of amides is 1. The van der Waals surface area contributed by atoms with E-state index in [4.69, 9.17) is 4.74 Å². The van der Waals surface area contributed by atoms with Gasteiger partial charge >= 0.3 is 6.09 Å². The molecule has 0 unspecified atom stereocenters. The first kappa shape index (κ1) is 12.9.